The summed E-state index contributed by atoms with van der Waals surface area (Å²) in [6, 6.07) is 8.73. The van der Waals surface area contributed by atoms with E-state index in [2.05, 4.69) is 10.3 Å². The molecule has 2 aromatic rings. The second-order valence-electron chi connectivity index (χ2n) is 4.69. The zero-order chi connectivity index (χ0) is 13.8. The van der Waals surface area contributed by atoms with Crippen molar-refractivity contribution in [1.29, 1.82) is 0 Å². The van der Waals surface area contributed by atoms with Gasteiger partial charge < -0.3 is 10.2 Å². The number of aromatic nitrogens is 1. The Balaban J connectivity index is 2.14. The molecule has 0 radical (unpaired) electrons. The molecule has 1 aromatic heterocycles. The van der Waals surface area contributed by atoms with Crippen molar-refractivity contribution in [3.8, 4) is 0 Å². The molecule has 0 fully saturated rings. The van der Waals surface area contributed by atoms with Crippen molar-refractivity contribution in [1.82, 2.24) is 4.98 Å². The lowest BCUT2D eigenvalue weighted by Gasteiger charge is -2.17. The number of nitrogens with one attached hydrogen (secondary N) is 1. The maximum absolute atomic E-state index is 13.0. The van der Waals surface area contributed by atoms with Crippen molar-refractivity contribution in [2.45, 2.75) is 13.5 Å². The van der Waals surface area contributed by atoms with E-state index >= 15 is 0 Å². The van der Waals surface area contributed by atoms with Crippen LogP contribution >= 0.6 is 0 Å². The number of anilines is 2. The van der Waals surface area contributed by atoms with Gasteiger partial charge >= 0.3 is 0 Å². The van der Waals surface area contributed by atoms with Gasteiger partial charge in [-0.2, -0.15) is 0 Å². The third-order valence-corrected chi connectivity index (χ3v) is 2.98. The Labute approximate surface area is 113 Å². The van der Waals surface area contributed by atoms with E-state index in [1.54, 1.807) is 12.3 Å². The lowest BCUT2D eigenvalue weighted by molar-refractivity contribution is 0.625. The highest BCUT2D eigenvalue weighted by Gasteiger charge is 2.06. The summed E-state index contributed by atoms with van der Waals surface area (Å²) in [6.07, 6.45) is 1.77. The number of benzene rings is 1. The average molecular weight is 259 g/mol. The summed E-state index contributed by atoms with van der Waals surface area (Å²) in [5.74, 6) is 0.693. The van der Waals surface area contributed by atoms with Gasteiger partial charge in [0.25, 0.3) is 0 Å². The Morgan fingerprint density at radius 2 is 2.05 bits per heavy atom. The van der Waals surface area contributed by atoms with Gasteiger partial charge in [-0.15, -0.1) is 0 Å². The molecule has 2 rings (SSSR count). The SMILES string of the molecule is Cc1cc(F)ccc1CNc1cccnc1N(C)C. The van der Waals surface area contributed by atoms with E-state index in [0.29, 0.717) is 6.54 Å². The molecule has 1 aromatic carbocycles. The van der Waals surface area contributed by atoms with Crippen LogP contribution in [0.2, 0.25) is 0 Å². The Hall–Kier alpha value is -2.10. The molecule has 0 spiro atoms. The van der Waals surface area contributed by atoms with Gasteiger partial charge in [0.2, 0.25) is 0 Å². The van der Waals surface area contributed by atoms with Crippen LogP contribution in [0, 0.1) is 12.7 Å². The Morgan fingerprint density at radius 1 is 1.26 bits per heavy atom. The largest absolute Gasteiger partial charge is 0.378 e. The fourth-order valence-corrected chi connectivity index (χ4v) is 1.94. The summed E-state index contributed by atoms with van der Waals surface area (Å²) in [5.41, 5.74) is 2.99. The molecular weight excluding hydrogens is 241 g/mol. The number of halogens is 1. The van der Waals surface area contributed by atoms with Crippen molar-refractivity contribution in [3.05, 3.63) is 53.5 Å². The van der Waals surface area contributed by atoms with Crippen molar-refractivity contribution in [2.24, 2.45) is 0 Å². The van der Waals surface area contributed by atoms with Gasteiger partial charge in [0.1, 0.15) is 5.82 Å². The van der Waals surface area contributed by atoms with Crippen molar-refractivity contribution in [2.75, 3.05) is 24.3 Å². The topological polar surface area (TPSA) is 28.2 Å². The van der Waals surface area contributed by atoms with Crippen LogP contribution in [0.1, 0.15) is 11.1 Å². The molecule has 1 heterocycles. The lowest BCUT2D eigenvalue weighted by Crippen LogP contribution is -2.14. The first-order chi connectivity index (χ1) is 9.08. The van der Waals surface area contributed by atoms with Gasteiger partial charge in [-0.1, -0.05) is 6.07 Å². The number of rotatable bonds is 4. The Morgan fingerprint density at radius 3 is 2.74 bits per heavy atom. The molecule has 3 nitrogen and oxygen atoms in total. The van der Waals surface area contributed by atoms with E-state index in [1.807, 2.05) is 44.1 Å². The molecule has 0 amide bonds. The summed E-state index contributed by atoms with van der Waals surface area (Å²) in [4.78, 5) is 6.29. The van der Waals surface area contributed by atoms with E-state index in [4.69, 9.17) is 0 Å². The zero-order valence-corrected chi connectivity index (χ0v) is 11.4. The van der Waals surface area contributed by atoms with Gasteiger partial charge in [-0.05, 0) is 42.3 Å². The van der Waals surface area contributed by atoms with E-state index in [9.17, 15) is 4.39 Å². The van der Waals surface area contributed by atoms with Crippen LogP contribution in [0.25, 0.3) is 0 Å². The van der Waals surface area contributed by atoms with Crippen LogP contribution in [0.15, 0.2) is 36.5 Å². The molecule has 0 saturated heterocycles. The minimum absolute atomic E-state index is 0.198. The highest BCUT2D eigenvalue weighted by molar-refractivity contribution is 5.64. The number of pyridine rings is 1. The summed E-state index contributed by atoms with van der Waals surface area (Å²) in [7, 11) is 3.91. The van der Waals surface area contributed by atoms with Gasteiger partial charge in [0.05, 0.1) is 5.69 Å². The van der Waals surface area contributed by atoms with E-state index in [0.717, 1.165) is 22.6 Å². The van der Waals surface area contributed by atoms with E-state index < -0.39 is 0 Å². The summed E-state index contributed by atoms with van der Waals surface area (Å²) >= 11 is 0. The monoisotopic (exact) mass is 259 g/mol. The molecule has 0 unspecified atom stereocenters. The smallest absolute Gasteiger partial charge is 0.151 e. The zero-order valence-electron chi connectivity index (χ0n) is 11.4. The first kappa shape index (κ1) is 13.3. The number of hydrogen-bond donors (Lipinski definition) is 1. The molecule has 0 aliphatic carbocycles. The first-order valence-corrected chi connectivity index (χ1v) is 6.19. The number of hydrogen-bond acceptors (Lipinski definition) is 3. The van der Waals surface area contributed by atoms with Gasteiger partial charge in [-0.3, -0.25) is 0 Å². The third-order valence-electron chi connectivity index (χ3n) is 2.98. The summed E-state index contributed by atoms with van der Waals surface area (Å²) in [5, 5.41) is 3.34. The summed E-state index contributed by atoms with van der Waals surface area (Å²) < 4.78 is 13.0. The molecule has 0 saturated carbocycles. The van der Waals surface area contributed by atoms with E-state index in [1.165, 1.54) is 6.07 Å². The number of aryl methyl sites for hydroxylation is 1. The molecule has 0 bridgehead atoms. The highest BCUT2D eigenvalue weighted by Crippen LogP contribution is 2.21. The maximum Gasteiger partial charge on any atom is 0.151 e. The molecule has 4 heteroatoms. The second-order valence-corrected chi connectivity index (χ2v) is 4.69. The molecule has 19 heavy (non-hydrogen) atoms. The van der Waals surface area contributed by atoms with Crippen LogP contribution in [0.3, 0.4) is 0 Å². The van der Waals surface area contributed by atoms with E-state index in [-0.39, 0.29) is 5.82 Å². The fourth-order valence-electron chi connectivity index (χ4n) is 1.94. The van der Waals surface area contributed by atoms with Crippen molar-refractivity contribution < 1.29 is 4.39 Å². The summed E-state index contributed by atoms with van der Waals surface area (Å²) in [6.45, 7) is 2.56. The number of nitrogens with zero attached hydrogens (tertiary/aromatic N) is 2. The molecule has 100 valence electrons. The average Bonchev–Trinajstić information content (AvgIpc) is 2.38. The Bertz CT molecular complexity index is 567. The van der Waals surface area contributed by atoms with Crippen LogP contribution in [-0.4, -0.2) is 19.1 Å². The van der Waals surface area contributed by atoms with Crippen LogP contribution in [-0.2, 0) is 6.54 Å². The minimum atomic E-state index is -0.198. The maximum atomic E-state index is 13.0. The first-order valence-electron chi connectivity index (χ1n) is 6.19. The molecular formula is C15H18FN3. The van der Waals surface area contributed by atoms with Crippen molar-refractivity contribution in [3.63, 3.8) is 0 Å². The van der Waals surface area contributed by atoms with Gasteiger partial charge in [0.15, 0.2) is 5.82 Å². The fraction of sp³-hybridized carbons (Fsp3) is 0.267. The lowest BCUT2D eigenvalue weighted by atomic mass is 10.1. The molecule has 0 aliphatic rings. The van der Waals surface area contributed by atoms with Crippen LogP contribution in [0.4, 0.5) is 15.9 Å². The minimum Gasteiger partial charge on any atom is -0.378 e. The third kappa shape index (κ3) is 3.22. The van der Waals surface area contributed by atoms with Crippen LogP contribution in [0.5, 0.6) is 0 Å². The standard InChI is InChI=1S/C15H18FN3/c1-11-9-13(16)7-6-12(11)10-18-14-5-4-8-17-15(14)19(2)3/h4-9,18H,10H2,1-3H3. The van der Waals surface area contributed by atoms with Gasteiger partial charge in [-0.25, -0.2) is 9.37 Å². The highest BCUT2D eigenvalue weighted by atomic mass is 19.1. The molecule has 1 N–H and O–H groups in total. The van der Waals surface area contributed by atoms with Crippen molar-refractivity contribution >= 4 is 11.5 Å². The predicted octanol–water partition coefficient (Wildman–Crippen LogP) is 3.21. The molecule has 0 aliphatic heterocycles. The van der Waals surface area contributed by atoms with Gasteiger partial charge in [0, 0.05) is 26.8 Å². The van der Waals surface area contributed by atoms with Crippen LogP contribution < -0.4 is 10.2 Å². The second kappa shape index (κ2) is 5.69. The quantitative estimate of drug-likeness (QED) is 0.914. The Kier molecular flexibility index (Phi) is 4.00. The normalized spacial score (nSPS) is 10.3. The molecule has 0 atom stereocenters. The predicted molar refractivity (Wildman–Crippen MR) is 77.0 cm³/mol.